The van der Waals surface area contributed by atoms with Crippen LogP contribution >= 0.6 is 23.2 Å². The molecule has 0 spiro atoms. The van der Waals surface area contributed by atoms with Gasteiger partial charge in [-0.05, 0) is 43.2 Å². The molecule has 1 fully saturated rings. The zero-order chi connectivity index (χ0) is 17.6. The number of rotatable bonds is 2. The molecule has 0 bridgehead atoms. The zero-order valence-corrected chi connectivity index (χ0v) is 14.6. The van der Waals surface area contributed by atoms with Gasteiger partial charge in [-0.1, -0.05) is 29.3 Å². The second-order valence-electron chi connectivity index (χ2n) is 6.01. The molecule has 2 aromatic rings. The molecule has 4 rings (SSSR count). The van der Waals surface area contributed by atoms with Crippen molar-refractivity contribution in [2.24, 2.45) is 0 Å². The minimum absolute atomic E-state index is 0.0339. The number of hydrogen-bond donors (Lipinski definition) is 1. The molecule has 128 valence electrons. The summed E-state index contributed by atoms with van der Waals surface area (Å²) >= 11 is 12.0. The predicted molar refractivity (Wildman–Crippen MR) is 96.9 cm³/mol. The summed E-state index contributed by atoms with van der Waals surface area (Å²) in [6.07, 6.45) is 1.83. The van der Waals surface area contributed by atoms with E-state index in [1.807, 2.05) is 6.07 Å². The highest BCUT2D eigenvalue weighted by Crippen LogP contribution is 2.37. The fourth-order valence-corrected chi connectivity index (χ4v) is 3.61. The van der Waals surface area contributed by atoms with Gasteiger partial charge in [-0.25, -0.2) is 4.79 Å². The van der Waals surface area contributed by atoms with Gasteiger partial charge in [0.15, 0.2) is 5.75 Å². The third kappa shape index (κ3) is 2.83. The molecule has 2 aromatic carbocycles. The molecular weight excluding hydrogens is 363 g/mol. The van der Waals surface area contributed by atoms with Crippen LogP contribution in [0.3, 0.4) is 0 Å². The van der Waals surface area contributed by atoms with Gasteiger partial charge in [-0.15, -0.1) is 0 Å². The van der Waals surface area contributed by atoms with E-state index in [-0.39, 0.29) is 22.7 Å². The monoisotopic (exact) mass is 376 g/mol. The van der Waals surface area contributed by atoms with Crippen LogP contribution in [0.4, 0.5) is 11.4 Å². The number of benzene rings is 2. The van der Waals surface area contributed by atoms with Crippen LogP contribution in [0.25, 0.3) is 0 Å². The third-order valence-corrected chi connectivity index (χ3v) is 5.28. The number of halogens is 2. The number of ether oxygens (including phenoxy) is 1. The number of hydrogen-bond acceptors (Lipinski definition) is 4. The lowest BCUT2D eigenvalue weighted by molar-refractivity contribution is -0.117. The molecule has 25 heavy (non-hydrogen) atoms. The number of esters is 1. The van der Waals surface area contributed by atoms with E-state index in [1.165, 1.54) is 0 Å². The number of carbonyl (C=O) groups is 2. The maximum Gasteiger partial charge on any atom is 0.343 e. The topological polar surface area (TPSA) is 58.6 Å². The number of nitrogens with zero attached hydrogens (tertiary/aromatic N) is 1. The zero-order valence-electron chi connectivity index (χ0n) is 13.1. The maximum atomic E-state index is 12.4. The molecule has 7 heteroatoms. The van der Waals surface area contributed by atoms with Crippen LogP contribution in [-0.2, 0) is 4.79 Å². The molecule has 2 aliphatic rings. The molecule has 0 aliphatic carbocycles. The Labute approximate surface area is 154 Å². The Morgan fingerprint density at radius 2 is 2.08 bits per heavy atom. The van der Waals surface area contributed by atoms with Crippen molar-refractivity contribution >= 4 is 46.5 Å². The van der Waals surface area contributed by atoms with Gasteiger partial charge in [-0.3, -0.25) is 4.79 Å². The highest BCUT2D eigenvalue weighted by Gasteiger charge is 2.36. The van der Waals surface area contributed by atoms with Gasteiger partial charge in [0.2, 0.25) is 5.91 Å². The normalized spacial score (nSPS) is 18.4. The standard InChI is InChI=1S/C18H14Cl2N2O3/c19-11-3-1-5-15(16(11)20)25-18(24)10-6-7-13-12(9-10)21-17(23)14-4-2-8-22(13)14/h1,3,5-7,9,14H,2,4,8H2,(H,21,23)/t14-/m0/s1. The van der Waals surface area contributed by atoms with Crippen LogP contribution in [0.2, 0.25) is 10.0 Å². The van der Waals surface area contributed by atoms with Crippen molar-refractivity contribution in [2.45, 2.75) is 18.9 Å². The van der Waals surface area contributed by atoms with Gasteiger partial charge in [0.1, 0.15) is 11.1 Å². The Balaban J connectivity index is 1.62. The Morgan fingerprint density at radius 1 is 1.24 bits per heavy atom. The van der Waals surface area contributed by atoms with Gasteiger partial charge in [0.05, 0.1) is 22.0 Å². The Morgan fingerprint density at radius 3 is 2.92 bits per heavy atom. The van der Waals surface area contributed by atoms with Crippen LogP contribution < -0.4 is 15.0 Å². The average Bonchev–Trinajstić information content (AvgIpc) is 3.09. The SMILES string of the molecule is O=C(Oc1cccc(Cl)c1Cl)c1ccc2c(c1)NC(=O)[C@@H]1CCCN21. The van der Waals surface area contributed by atoms with Crippen molar-refractivity contribution in [3.63, 3.8) is 0 Å². The minimum Gasteiger partial charge on any atom is -0.421 e. The van der Waals surface area contributed by atoms with Crippen LogP contribution in [0, 0.1) is 0 Å². The number of anilines is 2. The summed E-state index contributed by atoms with van der Waals surface area (Å²) in [7, 11) is 0. The third-order valence-electron chi connectivity index (χ3n) is 4.47. The van der Waals surface area contributed by atoms with Crippen molar-refractivity contribution in [3.8, 4) is 5.75 Å². The van der Waals surface area contributed by atoms with Gasteiger partial charge < -0.3 is 15.0 Å². The molecule has 2 aliphatic heterocycles. The Hall–Kier alpha value is -2.24. The number of nitrogens with one attached hydrogen (secondary N) is 1. The second-order valence-corrected chi connectivity index (χ2v) is 6.80. The summed E-state index contributed by atoms with van der Waals surface area (Å²) in [5.41, 5.74) is 1.88. The molecule has 1 amide bonds. The van der Waals surface area contributed by atoms with Crippen molar-refractivity contribution in [2.75, 3.05) is 16.8 Å². The minimum atomic E-state index is -0.565. The summed E-state index contributed by atoms with van der Waals surface area (Å²) < 4.78 is 5.33. The van der Waals surface area contributed by atoms with Gasteiger partial charge in [0.25, 0.3) is 0 Å². The van der Waals surface area contributed by atoms with E-state index < -0.39 is 5.97 Å². The van der Waals surface area contributed by atoms with Crippen molar-refractivity contribution in [1.29, 1.82) is 0 Å². The predicted octanol–water partition coefficient (Wildman–Crippen LogP) is 4.13. The van der Waals surface area contributed by atoms with E-state index in [2.05, 4.69) is 10.2 Å². The molecule has 2 heterocycles. The lowest BCUT2D eigenvalue weighted by atomic mass is 10.1. The summed E-state index contributed by atoms with van der Waals surface area (Å²) in [6.45, 7) is 0.840. The van der Waals surface area contributed by atoms with E-state index >= 15 is 0 Å². The lowest BCUT2D eigenvalue weighted by Gasteiger charge is -2.33. The fourth-order valence-electron chi connectivity index (χ4n) is 3.28. The molecule has 0 saturated carbocycles. The van der Waals surface area contributed by atoms with Crippen LogP contribution in [0.1, 0.15) is 23.2 Å². The molecule has 5 nitrogen and oxygen atoms in total. The first-order chi connectivity index (χ1) is 12.0. The summed E-state index contributed by atoms with van der Waals surface area (Å²) in [4.78, 5) is 26.7. The maximum absolute atomic E-state index is 12.4. The van der Waals surface area contributed by atoms with Crippen LogP contribution in [-0.4, -0.2) is 24.5 Å². The first-order valence-corrected chi connectivity index (χ1v) is 8.68. The lowest BCUT2D eigenvalue weighted by Crippen LogP contribution is -2.43. The van der Waals surface area contributed by atoms with E-state index in [4.69, 9.17) is 27.9 Å². The molecule has 0 aromatic heterocycles. The Kier molecular flexibility index (Phi) is 4.06. The summed E-state index contributed by atoms with van der Waals surface area (Å²) in [6, 6.07) is 9.87. The molecule has 1 N–H and O–H groups in total. The van der Waals surface area contributed by atoms with E-state index in [9.17, 15) is 9.59 Å². The van der Waals surface area contributed by atoms with Gasteiger partial charge in [0, 0.05) is 6.54 Å². The van der Waals surface area contributed by atoms with Crippen LogP contribution in [0.5, 0.6) is 5.75 Å². The number of amides is 1. The van der Waals surface area contributed by atoms with E-state index in [1.54, 1.807) is 30.3 Å². The van der Waals surface area contributed by atoms with Gasteiger partial charge in [-0.2, -0.15) is 0 Å². The largest absolute Gasteiger partial charge is 0.421 e. The van der Waals surface area contributed by atoms with E-state index in [0.717, 1.165) is 25.1 Å². The first kappa shape index (κ1) is 16.2. The highest BCUT2D eigenvalue weighted by atomic mass is 35.5. The van der Waals surface area contributed by atoms with Crippen molar-refractivity contribution < 1.29 is 14.3 Å². The molecular formula is C18H14Cl2N2O3. The first-order valence-electron chi connectivity index (χ1n) is 7.92. The summed E-state index contributed by atoms with van der Waals surface area (Å²) in [5, 5.41) is 3.37. The molecule has 1 saturated heterocycles. The smallest absolute Gasteiger partial charge is 0.343 e. The Bertz CT molecular complexity index is 885. The second kappa shape index (κ2) is 6.24. The summed E-state index contributed by atoms with van der Waals surface area (Å²) in [5.74, 6) is -0.404. The van der Waals surface area contributed by atoms with Crippen LogP contribution in [0.15, 0.2) is 36.4 Å². The fraction of sp³-hybridized carbons (Fsp3) is 0.222. The van der Waals surface area contributed by atoms with Crippen molar-refractivity contribution in [3.05, 3.63) is 52.0 Å². The van der Waals surface area contributed by atoms with E-state index in [0.29, 0.717) is 16.3 Å². The molecule has 0 radical (unpaired) electrons. The average molecular weight is 377 g/mol. The molecule has 1 atom stereocenters. The van der Waals surface area contributed by atoms with Crippen molar-refractivity contribution in [1.82, 2.24) is 0 Å². The quantitative estimate of drug-likeness (QED) is 0.632. The van der Waals surface area contributed by atoms with Gasteiger partial charge >= 0.3 is 5.97 Å². The number of fused-ring (bicyclic) bond motifs is 3. The molecule has 0 unspecified atom stereocenters. The highest BCUT2D eigenvalue weighted by molar-refractivity contribution is 6.43. The number of carbonyl (C=O) groups excluding carboxylic acids is 2.